The van der Waals surface area contributed by atoms with Crippen LogP contribution in [0.1, 0.15) is 24.8 Å². The molecule has 1 saturated carbocycles. The summed E-state index contributed by atoms with van der Waals surface area (Å²) in [4.78, 5) is 0. The highest BCUT2D eigenvalue weighted by Gasteiger charge is 2.49. The molecule has 0 saturated heterocycles. The van der Waals surface area contributed by atoms with E-state index in [4.69, 9.17) is 0 Å². The van der Waals surface area contributed by atoms with Gasteiger partial charge in [-0.15, -0.1) is 0 Å². The number of aliphatic hydroxyl groups is 1. The molecule has 1 N–H and O–H groups in total. The molecule has 0 aliphatic heterocycles. The largest absolute Gasteiger partial charge is 0.384 e. The van der Waals surface area contributed by atoms with Crippen LogP contribution in [0.2, 0.25) is 0 Å². The van der Waals surface area contributed by atoms with Gasteiger partial charge < -0.3 is 5.11 Å². The molecule has 0 spiro atoms. The van der Waals surface area contributed by atoms with E-state index in [1.54, 1.807) is 6.07 Å². The summed E-state index contributed by atoms with van der Waals surface area (Å²) in [5.74, 6) is -0.550. The summed E-state index contributed by atoms with van der Waals surface area (Å²) in [6.07, 6.45) is 2.34. The van der Waals surface area contributed by atoms with Gasteiger partial charge in [-0.3, -0.25) is 0 Å². The maximum absolute atomic E-state index is 13.7. The van der Waals surface area contributed by atoms with E-state index in [0.717, 1.165) is 6.26 Å². The predicted octanol–water partition coefficient (Wildman–Crippen LogP) is 1.61. The second-order valence-electron chi connectivity index (χ2n) is 4.61. The first-order valence-corrected chi connectivity index (χ1v) is 7.47. The normalized spacial score (nSPS) is 29.5. The molecule has 2 atom stereocenters. The van der Waals surface area contributed by atoms with E-state index in [1.807, 2.05) is 0 Å². The van der Waals surface area contributed by atoms with Gasteiger partial charge in [0.15, 0.2) is 9.84 Å². The third-order valence-corrected chi connectivity index (χ3v) is 5.07. The summed E-state index contributed by atoms with van der Waals surface area (Å²) >= 11 is 0. The number of benzene rings is 1. The minimum Gasteiger partial charge on any atom is -0.384 e. The molecule has 5 heteroatoms. The molecule has 1 fully saturated rings. The molecule has 0 amide bonds. The Bertz CT molecular complexity index is 526. The number of sulfone groups is 1. The maximum Gasteiger partial charge on any atom is 0.153 e. The van der Waals surface area contributed by atoms with Gasteiger partial charge in [-0.2, -0.15) is 0 Å². The Morgan fingerprint density at radius 1 is 1.41 bits per heavy atom. The van der Waals surface area contributed by atoms with Crippen LogP contribution >= 0.6 is 0 Å². The van der Waals surface area contributed by atoms with Crippen molar-refractivity contribution in [3.8, 4) is 0 Å². The number of halogens is 1. The lowest BCUT2D eigenvalue weighted by molar-refractivity contribution is 0.0440. The van der Waals surface area contributed by atoms with E-state index in [2.05, 4.69) is 0 Å². The van der Waals surface area contributed by atoms with Crippen molar-refractivity contribution in [2.45, 2.75) is 30.1 Å². The monoisotopic (exact) mass is 258 g/mol. The van der Waals surface area contributed by atoms with Crippen molar-refractivity contribution in [2.75, 3.05) is 6.26 Å². The molecule has 0 radical (unpaired) electrons. The minimum absolute atomic E-state index is 0.0907. The van der Waals surface area contributed by atoms with Crippen LogP contribution in [-0.2, 0) is 15.4 Å². The first-order chi connectivity index (χ1) is 7.86. The van der Waals surface area contributed by atoms with Crippen LogP contribution in [-0.4, -0.2) is 25.0 Å². The Balaban J connectivity index is 2.53. The average Bonchev–Trinajstić information content (AvgIpc) is 2.61. The van der Waals surface area contributed by atoms with Gasteiger partial charge in [0.05, 0.1) is 5.25 Å². The molecule has 1 aromatic carbocycles. The molecule has 94 valence electrons. The molecule has 17 heavy (non-hydrogen) atoms. The van der Waals surface area contributed by atoms with Crippen molar-refractivity contribution in [1.82, 2.24) is 0 Å². The molecule has 2 unspecified atom stereocenters. The van der Waals surface area contributed by atoms with Crippen LogP contribution in [0.4, 0.5) is 4.39 Å². The second-order valence-corrected chi connectivity index (χ2v) is 6.84. The lowest BCUT2D eigenvalue weighted by Crippen LogP contribution is -2.40. The third kappa shape index (κ3) is 2.09. The Morgan fingerprint density at radius 3 is 2.65 bits per heavy atom. The zero-order valence-corrected chi connectivity index (χ0v) is 10.4. The molecular formula is C12H15FO3S. The van der Waals surface area contributed by atoms with Crippen LogP contribution in [0.5, 0.6) is 0 Å². The van der Waals surface area contributed by atoms with Gasteiger partial charge in [-0.1, -0.05) is 18.2 Å². The van der Waals surface area contributed by atoms with Gasteiger partial charge >= 0.3 is 0 Å². The van der Waals surface area contributed by atoms with E-state index in [1.165, 1.54) is 18.2 Å². The van der Waals surface area contributed by atoms with Crippen molar-refractivity contribution in [3.63, 3.8) is 0 Å². The lowest BCUT2D eigenvalue weighted by Gasteiger charge is -2.29. The summed E-state index contributed by atoms with van der Waals surface area (Å²) in [7, 11) is -3.39. The minimum atomic E-state index is -3.39. The smallest absolute Gasteiger partial charge is 0.153 e. The van der Waals surface area contributed by atoms with E-state index in [0.29, 0.717) is 12.8 Å². The molecule has 0 bridgehead atoms. The summed E-state index contributed by atoms with van der Waals surface area (Å²) in [5.41, 5.74) is -1.49. The van der Waals surface area contributed by atoms with Crippen molar-refractivity contribution >= 4 is 9.84 Å². The zero-order valence-electron chi connectivity index (χ0n) is 9.56. The van der Waals surface area contributed by atoms with E-state index in [-0.39, 0.29) is 12.0 Å². The molecule has 2 rings (SSSR count). The average molecular weight is 258 g/mol. The van der Waals surface area contributed by atoms with Crippen molar-refractivity contribution < 1.29 is 17.9 Å². The summed E-state index contributed by atoms with van der Waals surface area (Å²) < 4.78 is 37.0. The highest BCUT2D eigenvalue weighted by molar-refractivity contribution is 7.91. The topological polar surface area (TPSA) is 54.4 Å². The van der Waals surface area contributed by atoms with Gasteiger partial charge in [0, 0.05) is 11.8 Å². The number of hydrogen-bond acceptors (Lipinski definition) is 3. The number of hydrogen-bond donors (Lipinski definition) is 1. The molecule has 3 nitrogen and oxygen atoms in total. The maximum atomic E-state index is 13.7. The summed E-state index contributed by atoms with van der Waals surface area (Å²) in [6, 6.07) is 5.82. The molecule has 1 aliphatic rings. The van der Waals surface area contributed by atoms with Crippen molar-refractivity contribution in [2.24, 2.45) is 0 Å². The Morgan fingerprint density at radius 2 is 2.06 bits per heavy atom. The van der Waals surface area contributed by atoms with Crippen LogP contribution in [0.3, 0.4) is 0 Å². The van der Waals surface area contributed by atoms with Crippen molar-refractivity contribution in [1.29, 1.82) is 0 Å². The van der Waals surface area contributed by atoms with Crippen LogP contribution < -0.4 is 0 Å². The number of rotatable bonds is 2. The van der Waals surface area contributed by atoms with Gasteiger partial charge in [0.25, 0.3) is 0 Å². The van der Waals surface area contributed by atoms with Gasteiger partial charge in [-0.05, 0) is 25.3 Å². The summed E-state index contributed by atoms with van der Waals surface area (Å²) in [5, 5.41) is 9.61. The fraction of sp³-hybridized carbons (Fsp3) is 0.500. The predicted molar refractivity (Wildman–Crippen MR) is 62.8 cm³/mol. The summed E-state index contributed by atoms with van der Waals surface area (Å²) in [6.45, 7) is 0. The first-order valence-electron chi connectivity index (χ1n) is 5.52. The SMILES string of the molecule is CS(=O)(=O)C1CCCC1(O)c1ccccc1F. The molecule has 0 heterocycles. The molecule has 1 aromatic rings. The third-order valence-electron chi connectivity index (χ3n) is 3.41. The van der Waals surface area contributed by atoms with Gasteiger partial charge in [0.1, 0.15) is 11.4 Å². The van der Waals surface area contributed by atoms with Gasteiger partial charge in [0.2, 0.25) is 0 Å². The molecular weight excluding hydrogens is 243 g/mol. The van der Waals surface area contributed by atoms with Crippen molar-refractivity contribution in [3.05, 3.63) is 35.6 Å². The first kappa shape index (κ1) is 12.5. The van der Waals surface area contributed by atoms with Crippen LogP contribution in [0.25, 0.3) is 0 Å². The Hall–Kier alpha value is -0.940. The highest BCUT2D eigenvalue weighted by Crippen LogP contribution is 2.43. The molecule has 1 aliphatic carbocycles. The second kappa shape index (κ2) is 4.07. The van der Waals surface area contributed by atoms with Gasteiger partial charge in [-0.25, -0.2) is 12.8 Å². The fourth-order valence-electron chi connectivity index (χ4n) is 2.65. The van der Waals surface area contributed by atoms with E-state index >= 15 is 0 Å². The highest BCUT2D eigenvalue weighted by atomic mass is 32.2. The fourth-order valence-corrected chi connectivity index (χ4v) is 4.19. The van der Waals surface area contributed by atoms with Crippen LogP contribution in [0, 0.1) is 5.82 Å². The van der Waals surface area contributed by atoms with E-state index < -0.39 is 26.5 Å². The lowest BCUT2D eigenvalue weighted by atomic mass is 9.91. The molecule has 0 aromatic heterocycles. The van der Waals surface area contributed by atoms with E-state index in [9.17, 15) is 17.9 Å². The zero-order chi connectivity index (χ0) is 12.7. The quantitative estimate of drug-likeness (QED) is 0.876. The van der Waals surface area contributed by atoms with Crippen LogP contribution in [0.15, 0.2) is 24.3 Å². The Kier molecular flexibility index (Phi) is 2.99. The Labute approximate surface area is 100 Å². The standard InChI is InChI=1S/C12H15FO3S/c1-17(15,16)11-7-4-8-12(11,14)9-5-2-3-6-10(9)13/h2-3,5-6,11,14H,4,7-8H2,1H3.